The number of amides is 1. The van der Waals surface area contributed by atoms with E-state index in [1.165, 1.54) is 0 Å². The van der Waals surface area contributed by atoms with Gasteiger partial charge in [0, 0.05) is 12.6 Å². The molecule has 21 heavy (non-hydrogen) atoms. The Labute approximate surface area is 123 Å². The predicted octanol–water partition coefficient (Wildman–Crippen LogP) is 3.02. The second-order valence-corrected chi connectivity index (χ2v) is 5.74. The number of ether oxygens (including phenoxy) is 1. The van der Waals surface area contributed by atoms with E-state index in [0.717, 1.165) is 11.3 Å². The lowest BCUT2D eigenvalue weighted by atomic mass is 10.1. The maximum atomic E-state index is 11.9. The molecule has 0 aliphatic rings. The minimum Gasteiger partial charge on any atom is -0.444 e. The second-order valence-electron chi connectivity index (χ2n) is 5.74. The van der Waals surface area contributed by atoms with Gasteiger partial charge in [-0.2, -0.15) is 5.10 Å². The fourth-order valence-electron chi connectivity index (χ4n) is 2.00. The third kappa shape index (κ3) is 3.53. The third-order valence-electron chi connectivity index (χ3n) is 2.78. The minimum absolute atomic E-state index is 0.504. The van der Waals surface area contributed by atoms with Crippen molar-refractivity contribution in [2.24, 2.45) is 7.05 Å². The quantitative estimate of drug-likeness (QED) is 0.890. The highest BCUT2D eigenvalue weighted by Crippen LogP contribution is 2.31. The highest BCUT2D eigenvalue weighted by atomic mass is 16.6. The molecule has 0 atom stereocenters. The molecule has 112 valence electrons. The number of hydrogen-bond acceptors (Lipinski definition) is 4. The summed E-state index contributed by atoms with van der Waals surface area (Å²) in [5.74, 6) is 0. The van der Waals surface area contributed by atoms with Gasteiger partial charge in [0.05, 0.1) is 23.3 Å². The van der Waals surface area contributed by atoms with Crippen molar-refractivity contribution in [2.75, 3.05) is 11.1 Å². The molecular formula is C15H20N4O2. The monoisotopic (exact) mass is 288 g/mol. The van der Waals surface area contributed by atoms with Crippen molar-refractivity contribution in [2.45, 2.75) is 26.4 Å². The molecule has 1 amide bonds. The van der Waals surface area contributed by atoms with E-state index in [4.69, 9.17) is 10.5 Å². The Bertz CT molecular complexity index is 636. The topological polar surface area (TPSA) is 82.2 Å². The van der Waals surface area contributed by atoms with Crippen LogP contribution in [0.5, 0.6) is 0 Å². The van der Waals surface area contributed by atoms with Gasteiger partial charge in [-0.1, -0.05) is 18.2 Å². The molecule has 0 unspecified atom stereocenters. The maximum absolute atomic E-state index is 11.9. The number of nitrogen functional groups attached to an aromatic ring is 1. The molecule has 2 aromatic rings. The number of anilines is 2. The van der Waals surface area contributed by atoms with Gasteiger partial charge in [-0.3, -0.25) is 10.00 Å². The number of aromatic nitrogens is 2. The normalized spacial score (nSPS) is 11.2. The van der Waals surface area contributed by atoms with Gasteiger partial charge >= 0.3 is 6.09 Å². The lowest BCUT2D eigenvalue weighted by molar-refractivity contribution is 0.0636. The van der Waals surface area contributed by atoms with Crippen LogP contribution in [0.4, 0.5) is 16.2 Å². The van der Waals surface area contributed by atoms with Crippen molar-refractivity contribution < 1.29 is 9.53 Å². The van der Waals surface area contributed by atoms with E-state index in [-0.39, 0.29) is 0 Å². The average molecular weight is 288 g/mol. The number of rotatable bonds is 2. The highest BCUT2D eigenvalue weighted by Gasteiger charge is 2.18. The number of hydrogen-bond donors (Lipinski definition) is 2. The molecule has 0 saturated carbocycles. The van der Waals surface area contributed by atoms with Crippen molar-refractivity contribution in [1.82, 2.24) is 9.78 Å². The van der Waals surface area contributed by atoms with Crippen molar-refractivity contribution in [3.8, 4) is 11.3 Å². The summed E-state index contributed by atoms with van der Waals surface area (Å²) in [7, 11) is 1.80. The van der Waals surface area contributed by atoms with Gasteiger partial charge in [0.25, 0.3) is 0 Å². The molecule has 0 bridgehead atoms. The number of carbonyl (C=O) groups excluding carboxylic acids is 1. The first-order valence-electron chi connectivity index (χ1n) is 6.65. The lowest BCUT2D eigenvalue weighted by Crippen LogP contribution is -2.27. The van der Waals surface area contributed by atoms with Crippen LogP contribution >= 0.6 is 0 Å². The standard InChI is InChI=1S/C15H20N4O2/c1-15(2,3)21-14(20)18-12-8-6-5-7-10(12)13-11(16)9-17-19(13)4/h5-9H,16H2,1-4H3,(H,18,20). The SMILES string of the molecule is Cn1ncc(N)c1-c1ccccc1NC(=O)OC(C)(C)C. The van der Waals surface area contributed by atoms with Crippen LogP contribution < -0.4 is 11.1 Å². The Morgan fingerprint density at radius 3 is 2.57 bits per heavy atom. The van der Waals surface area contributed by atoms with Gasteiger partial charge in [-0.05, 0) is 26.8 Å². The first-order chi connectivity index (χ1) is 9.78. The van der Waals surface area contributed by atoms with Gasteiger partial charge in [0.2, 0.25) is 0 Å². The summed E-state index contributed by atoms with van der Waals surface area (Å²) >= 11 is 0. The summed E-state index contributed by atoms with van der Waals surface area (Å²) in [6.07, 6.45) is 1.08. The molecule has 0 radical (unpaired) electrons. The third-order valence-corrected chi connectivity index (χ3v) is 2.78. The summed E-state index contributed by atoms with van der Waals surface area (Å²) in [5, 5.41) is 6.87. The number of nitrogens with one attached hydrogen (secondary N) is 1. The Balaban J connectivity index is 2.32. The fraction of sp³-hybridized carbons (Fsp3) is 0.333. The largest absolute Gasteiger partial charge is 0.444 e. The summed E-state index contributed by atoms with van der Waals surface area (Å²) in [5.41, 5.74) is 8.12. The Kier molecular flexibility index (Phi) is 3.88. The van der Waals surface area contributed by atoms with Gasteiger partial charge < -0.3 is 10.5 Å². The molecular weight excluding hydrogens is 268 g/mol. The molecule has 1 aromatic heterocycles. The average Bonchev–Trinajstić information content (AvgIpc) is 2.68. The smallest absolute Gasteiger partial charge is 0.412 e. The summed E-state index contributed by atoms with van der Waals surface area (Å²) in [6.45, 7) is 5.45. The molecule has 1 aromatic carbocycles. The number of carbonyl (C=O) groups is 1. The summed E-state index contributed by atoms with van der Waals surface area (Å²) < 4.78 is 6.94. The second kappa shape index (κ2) is 5.47. The van der Waals surface area contributed by atoms with Crippen molar-refractivity contribution in [3.05, 3.63) is 30.5 Å². The van der Waals surface area contributed by atoms with E-state index in [1.54, 1.807) is 24.0 Å². The number of aryl methyl sites for hydroxylation is 1. The van der Waals surface area contributed by atoms with Gasteiger partial charge in [0.1, 0.15) is 5.60 Å². The van der Waals surface area contributed by atoms with E-state index >= 15 is 0 Å². The van der Waals surface area contributed by atoms with Crippen LogP contribution in [-0.4, -0.2) is 21.5 Å². The van der Waals surface area contributed by atoms with Gasteiger partial charge in [-0.25, -0.2) is 4.79 Å². The molecule has 0 fully saturated rings. The molecule has 2 rings (SSSR count). The van der Waals surface area contributed by atoms with Crippen LogP contribution in [0, 0.1) is 0 Å². The molecule has 3 N–H and O–H groups in total. The maximum Gasteiger partial charge on any atom is 0.412 e. The predicted molar refractivity (Wildman–Crippen MR) is 82.9 cm³/mol. The van der Waals surface area contributed by atoms with Crippen molar-refractivity contribution >= 4 is 17.5 Å². The van der Waals surface area contributed by atoms with Crippen LogP contribution in [0.3, 0.4) is 0 Å². The van der Waals surface area contributed by atoms with Crippen LogP contribution in [0.1, 0.15) is 20.8 Å². The molecule has 0 aliphatic heterocycles. The zero-order valence-electron chi connectivity index (χ0n) is 12.7. The van der Waals surface area contributed by atoms with Gasteiger partial charge in [0.15, 0.2) is 0 Å². The lowest BCUT2D eigenvalue weighted by Gasteiger charge is -2.20. The summed E-state index contributed by atoms with van der Waals surface area (Å²) in [6, 6.07) is 7.39. The van der Waals surface area contributed by atoms with E-state index < -0.39 is 11.7 Å². The zero-order chi connectivity index (χ0) is 15.6. The molecule has 0 saturated heterocycles. The van der Waals surface area contributed by atoms with Crippen molar-refractivity contribution in [3.63, 3.8) is 0 Å². The van der Waals surface area contributed by atoms with E-state index in [9.17, 15) is 4.79 Å². The van der Waals surface area contributed by atoms with E-state index in [2.05, 4.69) is 10.4 Å². The number of nitrogens with zero attached hydrogens (tertiary/aromatic N) is 2. The first-order valence-corrected chi connectivity index (χ1v) is 6.65. The Hall–Kier alpha value is -2.50. The molecule has 6 heteroatoms. The van der Waals surface area contributed by atoms with Crippen LogP contribution in [0.25, 0.3) is 11.3 Å². The summed E-state index contributed by atoms with van der Waals surface area (Å²) in [4.78, 5) is 11.9. The fourth-order valence-corrected chi connectivity index (χ4v) is 2.00. The zero-order valence-corrected chi connectivity index (χ0v) is 12.7. The number of benzene rings is 1. The van der Waals surface area contributed by atoms with Crippen molar-refractivity contribution in [1.29, 1.82) is 0 Å². The Morgan fingerprint density at radius 1 is 1.33 bits per heavy atom. The van der Waals surface area contributed by atoms with E-state index in [0.29, 0.717) is 11.4 Å². The van der Waals surface area contributed by atoms with Crippen LogP contribution in [-0.2, 0) is 11.8 Å². The van der Waals surface area contributed by atoms with Crippen LogP contribution in [0.2, 0.25) is 0 Å². The molecule has 0 spiro atoms. The van der Waals surface area contributed by atoms with Crippen LogP contribution in [0.15, 0.2) is 30.5 Å². The Morgan fingerprint density at radius 2 is 2.00 bits per heavy atom. The van der Waals surface area contributed by atoms with Gasteiger partial charge in [-0.15, -0.1) is 0 Å². The minimum atomic E-state index is -0.551. The molecule has 1 heterocycles. The highest BCUT2D eigenvalue weighted by molar-refractivity contribution is 5.93. The molecule has 0 aliphatic carbocycles. The molecule has 6 nitrogen and oxygen atoms in total. The van der Waals surface area contributed by atoms with E-state index in [1.807, 2.05) is 39.0 Å². The first kappa shape index (κ1) is 14.9. The number of nitrogens with two attached hydrogens (primary N) is 1. The number of para-hydroxylation sites is 1.